The van der Waals surface area contributed by atoms with Gasteiger partial charge in [-0.3, -0.25) is 4.79 Å². The Morgan fingerprint density at radius 3 is 1.10 bits per heavy atom. The van der Waals surface area contributed by atoms with Crippen molar-refractivity contribution in [3.63, 3.8) is 0 Å². The van der Waals surface area contributed by atoms with E-state index in [9.17, 15) is 61.0 Å². The SMILES string of the molecule is CC/C=C\C/C=C\C/C=C\C/C=C\C/C=C\CCCCCCCCCCCCCCCCCCCCCC(=O)NC(COC1OC(CO)C(OC2OC(CO)C(OC3OC(CO)C(O)C(O)C3O)C(O)C2O)C(O)C1O)C(O)/C=C/CC/C=C/CCCCCCCCCCCCCCCCCC. The standard InChI is InChI=1S/C83H147NO18/c1-3-5-7-9-11-13-15-17-19-21-23-25-27-28-29-30-31-32-33-34-35-36-37-38-39-41-43-45-47-49-51-53-55-57-59-61-71(89)84-66(67(88)60-58-56-54-52-50-48-46-44-42-40-26-24-22-20-18-16-14-12-10-8-6-4-2)65-97-81-77(95)74(92)79(69(63-86)99-81)102-83-78(96)75(93)80(70(64-87)100-83)101-82-76(94)73(91)72(90)68(62-85)98-82/h5,7,11,13,17,19,23,25,28-29,50,52,58,60,66-70,72-83,85-88,90-96H,3-4,6,8-10,12,14-16,18,20-22,24,26-27,30-49,51,53-57,59,61-65H2,1-2H3,(H,84,89)/b7-5-,13-11-,19-17-,25-23-,29-28-,52-50+,60-58+. The molecule has 17 unspecified atom stereocenters. The number of ether oxygens (including phenoxy) is 6. The Labute approximate surface area is 616 Å². The summed E-state index contributed by atoms with van der Waals surface area (Å²) in [5.74, 6) is -0.283. The number of unbranched alkanes of at least 4 members (excludes halogenated alkanes) is 36. The third kappa shape index (κ3) is 42.5. The average Bonchev–Trinajstić information content (AvgIpc) is 0.781. The van der Waals surface area contributed by atoms with E-state index < -0.39 is 124 Å². The topological polar surface area (TPSA) is 307 Å². The monoisotopic (exact) mass is 1450 g/mol. The van der Waals surface area contributed by atoms with Crippen LogP contribution in [0.4, 0.5) is 0 Å². The fourth-order valence-corrected chi connectivity index (χ4v) is 13.4. The molecule has 17 atom stereocenters. The molecule has 0 aromatic heterocycles. The maximum absolute atomic E-state index is 13.5. The van der Waals surface area contributed by atoms with Crippen LogP contribution >= 0.6 is 0 Å². The van der Waals surface area contributed by atoms with Gasteiger partial charge < -0.3 is 89.9 Å². The Bertz CT molecular complexity index is 2170. The third-order valence-electron chi connectivity index (χ3n) is 19.9. The second kappa shape index (κ2) is 63.0. The second-order valence-corrected chi connectivity index (χ2v) is 28.8. The lowest BCUT2D eigenvalue weighted by Crippen LogP contribution is -2.66. The maximum Gasteiger partial charge on any atom is 0.220 e. The molecule has 0 aromatic rings. The summed E-state index contributed by atoms with van der Waals surface area (Å²) < 4.78 is 34.4. The quantitative estimate of drug-likeness (QED) is 0.0199. The summed E-state index contributed by atoms with van der Waals surface area (Å²) in [6.45, 7) is 1.63. The first-order valence-corrected chi connectivity index (χ1v) is 40.8. The molecule has 102 heavy (non-hydrogen) atoms. The van der Waals surface area contributed by atoms with E-state index in [1.54, 1.807) is 6.08 Å². The van der Waals surface area contributed by atoms with Gasteiger partial charge in [-0.15, -0.1) is 0 Å². The Kier molecular flexibility index (Phi) is 57.5. The summed E-state index contributed by atoms with van der Waals surface area (Å²) in [6.07, 6.45) is 57.2. The molecule has 3 rings (SSSR count). The lowest BCUT2D eigenvalue weighted by Gasteiger charge is -2.48. The van der Waals surface area contributed by atoms with Crippen LogP contribution in [0.15, 0.2) is 85.1 Å². The van der Waals surface area contributed by atoms with Crippen molar-refractivity contribution in [1.82, 2.24) is 5.32 Å². The van der Waals surface area contributed by atoms with Crippen LogP contribution < -0.4 is 5.32 Å². The van der Waals surface area contributed by atoms with E-state index in [1.165, 1.54) is 199 Å². The number of carbonyl (C=O) groups excluding carboxylic acids is 1. The smallest absolute Gasteiger partial charge is 0.220 e. The molecule has 19 nitrogen and oxygen atoms in total. The largest absolute Gasteiger partial charge is 0.394 e. The van der Waals surface area contributed by atoms with Crippen LogP contribution in [0.5, 0.6) is 0 Å². The summed E-state index contributed by atoms with van der Waals surface area (Å²) in [5, 5.41) is 121. The summed E-state index contributed by atoms with van der Waals surface area (Å²) in [5.41, 5.74) is 0. The van der Waals surface area contributed by atoms with E-state index in [0.717, 1.165) is 70.6 Å². The molecule has 19 heteroatoms. The molecule has 0 radical (unpaired) electrons. The van der Waals surface area contributed by atoms with E-state index in [1.807, 2.05) is 6.08 Å². The molecule has 0 saturated carbocycles. The highest BCUT2D eigenvalue weighted by molar-refractivity contribution is 5.76. The minimum absolute atomic E-state index is 0.235. The summed E-state index contributed by atoms with van der Waals surface area (Å²) in [4.78, 5) is 13.5. The molecule has 592 valence electrons. The van der Waals surface area contributed by atoms with E-state index in [2.05, 4.69) is 92.1 Å². The molecule has 3 heterocycles. The van der Waals surface area contributed by atoms with Gasteiger partial charge in [0.05, 0.1) is 38.6 Å². The van der Waals surface area contributed by atoms with Crippen molar-refractivity contribution in [2.24, 2.45) is 0 Å². The molecule has 3 saturated heterocycles. The van der Waals surface area contributed by atoms with Crippen LogP contribution in [0.25, 0.3) is 0 Å². The Morgan fingerprint density at radius 2 is 0.686 bits per heavy atom. The first-order chi connectivity index (χ1) is 49.8. The predicted molar refractivity (Wildman–Crippen MR) is 406 cm³/mol. The van der Waals surface area contributed by atoms with Crippen molar-refractivity contribution in [1.29, 1.82) is 0 Å². The fraction of sp³-hybridized carbons (Fsp3) is 0.819. The van der Waals surface area contributed by atoms with Crippen molar-refractivity contribution in [2.45, 2.75) is 407 Å². The number of carbonyl (C=O) groups is 1. The van der Waals surface area contributed by atoms with Gasteiger partial charge in [-0.05, 0) is 77.0 Å². The normalized spacial score (nSPS) is 26.6. The molecule has 3 fully saturated rings. The van der Waals surface area contributed by atoms with Crippen molar-refractivity contribution < 1.29 is 89.4 Å². The van der Waals surface area contributed by atoms with Gasteiger partial charge in [0.2, 0.25) is 5.91 Å². The Hall–Kier alpha value is -3.03. The molecule has 0 spiro atoms. The molecule has 0 aliphatic carbocycles. The molecule has 3 aliphatic heterocycles. The zero-order chi connectivity index (χ0) is 73.9. The van der Waals surface area contributed by atoms with Gasteiger partial charge in [0.25, 0.3) is 0 Å². The summed E-state index contributed by atoms with van der Waals surface area (Å²) in [6, 6.07) is -0.994. The number of allylic oxidation sites excluding steroid dienone is 13. The number of nitrogens with one attached hydrogen (secondary N) is 1. The molecule has 12 N–H and O–H groups in total. The lowest BCUT2D eigenvalue weighted by atomic mass is 9.96. The number of aliphatic hydroxyl groups excluding tert-OH is 11. The number of hydrogen-bond donors (Lipinski definition) is 12. The molecule has 3 aliphatic rings. The Balaban J connectivity index is 1.35. The zero-order valence-electron chi connectivity index (χ0n) is 63.3. The van der Waals surface area contributed by atoms with Crippen LogP contribution in [0.2, 0.25) is 0 Å². The minimum Gasteiger partial charge on any atom is -0.394 e. The second-order valence-electron chi connectivity index (χ2n) is 28.8. The molecule has 0 aromatic carbocycles. The van der Waals surface area contributed by atoms with Crippen LogP contribution in [-0.2, 0) is 33.2 Å². The number of amides is 1. The molecular formula is C83H147NO18. The van der Waals surface area contributed by atoms with Crippen LogP contribution in [0.3, 0.4) is 0 Å². The number of aliphatic hydroxyl groups is 11. The molecule has 1 amide bonds. The highest BCUT2D eigenvalue weighted by Gasteiger charge is 2.54. The van der Waals surface area contributed by atoms with Gasteiger partial charge in [-0.1, -0.05) is 304 Å². The average molecular weight is 1450 g/mol. The molecular weight excluding hydrogens is 1300 g/mol. The van der Waals surface area contributed by atoms with Crippen molar-refractivity contribution in [3.8, 4) is 0 Å². The van der Waals surface area contributed by atoms with E-state index >= 15 is 0 Å². The number of hydrogen-bond acceptors (Lipinski definition) is 18. The van der Waals surface area contributed by atoms with E-state index in [4.69, 9.17) is 28.4 Å². The van der Waals surface area contributed by atoms with Crippen LogP contribution in [0, 0.1) is 0 Å². The third-order valence-corrected chi connectivity index (χ3v) is 19.9. The van der Waals surface area contributed by atoms with Crippen molar-refractivity contribution in [2.75, 3.05) is 26.4 Å². The van der Waals surface area contributed by atoms with Gasteiger partial charge in [0, 0.05) is 6.42 Å². The summed E-state index contributed by atoms with van der Waals surface area (Å²) in [7, 11) is 0. The highest BCUT2D eigenvalue weighted by Crippen LogP contribution is 2.33. The van der Waals surface area contributed by atoms with E-state index in [-0.39, 0.29) is 18.9 Å². The molecule has 0 bridgehead atoms. The minimum atomic E-state index is -1.98. The van der Waals surface area contributed by atoms with Gasteiger partial charge >= 0.3 is 0 Å². The van der Waals surface area contributed by atoms with Gasteiger partial charge in [0.15, 0.2) is 18.9 Å². The predicted octanol–water partition coefficient (Wildman–Crippen LogP) is 13.8. The lowest BCUT2D eigenvalue weighted by molar-refractivity contribution is -0.379. The first kappa shape index (κ1) is 93.2. The van der Waals surface area contributed by atoms with Gasteiger partial charge in [-0.2, -0.15) is 0 Å². The van der Waals surface area contributed by atoms with Crippen LogP contribution in [0.1, 0.15) is 303 Å². The summed E-state index contributed by atoms with van der Waals surface area (Å²) >= 11 is 0. The van der Waals surface area contributed by atoms with Crippen molar-refractivity contribution >= 4 is 5.91 Å². The van der Waals surface area contributed by atoms with Gasteiger partial charge in [0.1, 0.15) is 73.2 Å². The van der Waals surface area contributed by atoms with Crippen LogP contribution in [-0.4, -0.2) is 193 Å². The first-order valence-electron chi connectivity index (χ1n) is 40.8. The fourth-order valence-electron chi connectivity index (χ4n) is 13.4. The van der Waals surface area contributed by atoms with Crippen molar-refractivity contribution in [3.05, 3.63) is 85.1 Å². The van der Waals surface area contributed by atoms with E-state index in [0.29, 0.717) is 12.8 Å². The highest BCUT2D eigenvalue weighted by atomic mass is 16.8. The maximum atomic E-state index is 13.5. The zero-order valence-corrected chi connectivity index (χ0v) is 63.3. The number of rotatable bonds is 64. The Morgan fingerprint density at radius 1 is 0.363 bits per heavy atom. The van der Waals surface area contributed by atoms with Gasteiger partial charge in [-0.25, -0.2) is 0 Å².